The van der Waals surface area contributed by atoms with Gasteiger partial charge < -0.3 is 4.42 Å². The molecule has 1 aliphatic rings. The fourth-order valence-electron chi connectivity index (χ4n) is 2.88. The molecule has 1 saturated carbocycles. The highest BCUT2D eigenvalue weighted by Gasteiger charge is 2.31. The van der Waals surface area contributed by atoms with Crippen molar-refractivity contribution in [1.29, 1.82) is 0 Å². The van der Waals surface area contributed by atoms with Gasteiger partial charge in [0.05, 0.1) is 5.56 Å². The Morgan fingerprint density at radius 1 is 1.24 bits per heavy atom. The maximum atomic E-state index is 12.4. The third-order valence-corrected chi connectivity index (χ3v) is 4.28. The Kier molecular flexibility index (Phi) is 3.41. The molecule has 1 heterocycles. The minimum Gasteiger partial charge on any atom is -0.466 e. The first-order valence-corrected chi connectivity index (χ1v) is 6.60. The number of ketones is 1. The fraction of sp³-hybridized carbons (Fsp3) is 0.667. The predicted molar refractivity (Wildman–Crippen MR) is 68.2 cm³/mol. The molecular weight excluding hydrogens is 212 g/mol. The molecule has 94 valence electrons. The van der Waals surface area contributed by atoms with Gasteiger partial charge in [0.2, 0.25) is 0 Å². The lowest BCUT2D eigenvalue weighted by atomic mass is 9.73. The highest BCUT2D eigenvalue weighted by molar-refractivity contribution is 5.98. The first-order chi connectivity index (χ1) is 7.99. The molecule has 0 aliphatic heterocycles. The van der Waals surface area contributed by atoms with E-state index in [1.54, 1.807) is 0 Å². The lowest BCUT2D eigenvalue weighted by Gasteiger charge is -2.31. The summed E-state index contributed by atoms with van der Waals surface area (Å²) in [6, 6.07) is 1.89. The predicted octanol–water partition coefficient (Wildman–Crippen LogP) is 4.15. The van der Waals surface area contributed by atoms with Crippen molar-refractivity contribution >= 4 is 5.78 Å². The van der Waals surface area contributed by atoms with Crippen molar-refractivity contribution in [2.24, 2.45) is 17.8 Å². The van der Waals surface area contributed by atoms with Crippen LogP contribution in [0.1, 0.15) is 55.0 Å². The molecule has 1 fully saturated rings. The van der Waals surface area contributed by atoms with Crippen molar-refractivity contribution in [2.45, 2.75) is 47.0 Å². The Bertz CT molecular complexity index is 417. The van der Waals surface area contributed by atoms with Gasteiger partial charge in [0.1, 0.15) is 11.5 Å². The van der Waals surface area contributed by atoms with Gasteiger partial charge in [-0.15, -0.1) is 0 Å². The molecule has 1 aromatic rings. The Balaban J connectivity index is 2.13. The summed E-state index contributed by atoms with van der Waals surface area (Å²) < 4.78 is 5.45. The first kappa shape index (κ1) is 12.4. The zero-order valence-corrected chi connectivity index (χ0v) is 11.2. The van der Waals surface area contributed by atoms with Crippen LogP contribution in [0.3, 0.4) is 0 Å². The SMILES string of the molecule is Cc1cc(C(=O)C2CCC(C)C(C)C2)c(C)o1. The Hall–Kier alpha value is -1.05. The zero-order chi connectivity index (χ0) is 12.6. The smallest absolute Gasteiger partial charge is 0.169 e. The minimum absolute atomic E-state index is 0.205. The summed E-state index contributed by atoms with van der Waals surface area (Å²) in [6.45, 7) is 8.33. The second kappa shape index (κ2) is 4.67. The van der Waals surface area contributed by atoms with Crippen LogP contribution in [0.15, 0.2) is 10.5 Å². The largest absolute Gasteiger partial charge is 0.466 e. The van der Waals surface area contributed by atoms with E-state index in [1.807, 2.05) is 19.9 Å². The van der Waals surface area contributed by atoms with Gasteiger partial charge in [-0.05, 0) is 51.0 Å². The van der Waals surface area contributed by atoms with Crippen molar-refractivity contribution in [3.63, 3.8) is 0 Å². The highest BCUT2D eigenvalue weighted by atomic mass is 16.3. The van der Waals surface area contributed by atoms with Crippen LogP contribution in [0.4, 0.5) is 0 Å². The lowest BCUT2D eigenvalue weighted by Crippen LogP contribution is -2.26. The van der Waals surface area contributed by atoms with Crippen LogP contribution in [0.5, 0.6) is 0 Å². The maximum Gasteiger partial charge on any atom is 0.169 e. The summed E-state index contributed by atoms with van der Waals surface area (Å²) in [5.41, 5.74) is 0.800. The lowest BCUT2D eigenvalue weighted by molar-refractivity contribution is 0.0836. The Labute approximate surface area is 103 Å². The van der Waals surface area contributed by atoms with E-state index < -0.39 is 0 Å². The number of furan rings is 1. The van der Waals surface area contributed by atoms with Crippen LogP contribution < -0.4 is 0 Å². The fourth-order valence-corrected chi connectivity index (χ4v) is 2.88. The molecule has 0 saturated heterocycles. The highest BCUT2D eigenvalue weighted by Crippen LogP contribution is 2.35. The third-order valence-electron chi connectivity index (χ3n) is 4.28. The van der Waals surface area contributed by atoms with Gasteiger partial charge in [0.25, 0.3) is 0 Å². The van der Waals surface area contributed by atoms with Crippen molar-refractivity contribution in [3.05, 3.63) is 23.2 Å². The van der Waals surface area contributed by atoms with Crippen LogP contribution in [-0.2, 0) is 0 Å². The number of hydrogen-bond acceptors (Lipinski definition) is 2. The van der Waals surface area contributed by atoms with E-state index in [4.69, 9.17) is 4.42 Å². The molecule has 2 rings (SSSR count). The molecule has 2 heteroatoms. The molecule has 0 N–H and O–H groups in total. The molecular formula is C15H22O2. The molecule has 0 amide bonds. The van der Waals surface area contributed by atoms with Gasteiger partial charge >= 0.3 is 0 Å². The van der Waals surface area contributed by atoms with E-state index >= 15 is 0 Å². The van der Waals surface area contributed by atoms with E-state index in [1.165, 1.54) is 6.42 Å². The molecule has 0 radical (unpaired) electrons. The van der Waals surface area contributed by atoms with E-state index in [0.717, 1.165) is 35.8 Å². The minimum atomic E-state index is 0.205. The van der Waals surface area contributed by atoms with E-state index in [0.29, 0.717) is 5.92 Å². The van der Waals surface area contributed by atoms with E-state index in [-0.39, 0.29) is 11.7 Å². The van der Waals surface area contributed by atoms with Crippen LogP contribution in [-0.4, -0.2) is 5.78 Å². The summed E-state index contributed by atoms with van der Waals surface area (Å²) in [6.07, 6.45) is 3.24. The quantitative estimate of drug-likeness (QED) is 0.719. The van der Waals surface area contributed by atoms with Crippen LogP contribution >= 0.6 is 0 Å². The van der Waals surface area contributed by atoms with E-state index in [2.05, 4.69) is 13.8 Å². The van der Waals surface area contributed by atoms with Crippen molar-refractivity contribution < 1.29 is 9.21 Å². The monoisotopic (exact) mass is 234 g/mol. The number of hydrogen-bond donors (Lipinski definition) is 0. The molecule has 0 spiro atoms. The molecule has 17 heavy (non-hydrogen) atoms. The standard InChI is InChI=1S/C15H22O2/c1-9-5-6-13(7-10(9)2)15(16)14-8-11(3)17-12(14)4/h8-10,13H,5-7H2,1-4H3. The topological polar surface area (TPSA) is 30.2 Å². The zero-order valence-electron chi connectivity index (χ0n) is 11.2. The normalized spacial score (nSPS) is 29.3. The van der Waals surface area contributed by atoms with Gasteiger partial charge in [-0.25, -0.2) is 0 Å². The van der Waals surface area contributed by atoms with Gasteiger partial charge in [0, 0.05) is 5.92 Å². The summed E-state index contributed by atoms with van der Waals surface area (Å²) in [4.78, 5) is 12.4. The first-order valence-electron chi connectivity index (χ1n) is 6.60. The Morgan fingerprint density at radius 3 is 2.47 bits per heavy atom. The molecule has 0 bridgehead atoms. The summed E-state index contributed by atoms with van der Waals surface area (Å²) in [5.74, 6) is 3.52. The molecule has 1 aliphatic carbocycles. The second-order valence-corrected chi connectivity index (χ2v) is 5.66. The van der Waals surface area contributed by atoms with Crippen LogP contribution in [0.25, 0.3) is 0 Å². The number of carbonyl (C=O) groups is 1. The molecule has 3 atom stereocenters. The number of carbonyl (C=O) groups excluding carboxylic acids is 1. The number of rotatable bonds is 2. The maximum absolute atomic E-state index is 12.4. The Morgan fingerprint density at radius 2 is 1.94 bits per heavy atom. The van der Waals surface area contributed by atoms with Crippen LogP contribution in [0, 0.1) is 31.6 Å². The van der Waals surface area contributed by atoms with Gasteiger partial charge in [-0.2, -0.15) is 0 Å². The second-order valence-electron chi connectivity index (χ2n) is 5.66. The van der Waals surface area contributed by atoms with Crippen molar-refractivity contribution in [1.82, 2.24) is 0 Å². The molecule has 3 unspecified atom stereocenters. The summed E-state index contributed by atoms with van der Waals surface area (Å²) >= 11 is 0. The molecule has 2 nitrogen and oxygen atoms in total. The number of Topliss-reactive ketones (excluding diaryl/α,β-unsaturated/α-hetero) is 1. The average molecular weight is 234 g/mol. The molecule has 1 aromatic heterocycles. The van der Waals surface area contributed by atoms with Gasteiger partial charge in [-0.1, -0.05) is 13.8 Å². The molecule has 0 aromatic carbocycles. The number of aryl methyl sites for hydroxylation is 2. The summed E-state index contributed by atoms with van der Waals surface area (Å²) in [7, 11) is 0. The van der Waals surface area contributed by atoms with E-state index in [9.17, 15) is 4.79 Å². The van der Waals surface area contributed by atoms with Crippen molar-refractivity contribution in [3.8, 4) is 0 Å². The van der Waals surface area contributed by atoms with Crippen molar-refractivity contribution in [2.75, 3.05) is 0 Å². The third kappa shape index (κ3) is 2.46. The van der Waals surface area contributed by atoms with Crippen LogP contribution in [0.2, 0.25) is 0 Å². The average Bonchev–Trinajstić information content (AvgIpc) is 2.61. The van der Waals surface area contributed by atoms with Gasteiger partial charge in [0.15, 0.2) is 5.78 Å². The summed E-state index contributed by atoms with van der Waals surface area (Å²) in [5, 5.41) is 0. The van der Waals surface area contributed by atoms with Gasteiger partial charge in [-0.3, -0.25) is 4.79 Å².